The molecule has 1 aromatic heterocycles. The standard InChI is InChI=1S/C20H15Br2N3O2/c21-17-6-7-19(27-13-14-4-2-1-3-5-14)15(8-17)11-24-25-20(26)16-9-18(22)12-23-10-16/h1-12H,13H2,(H,25,26)/b24-11+. The monoisotopic (exact) mass is 487 g/mol. The van der Waals surface area contributed by atoms with Crippen molar-refractivity contribution in [2.75, 3.05) is 0 Å². The van der Waals surface area contributed by atoms with Crippen molar-refractivity contribution in [2.24, 2.45) is 5.10 Å². The van der Waals surface area contributed by atoms with Crippen molar-refractivity contribution in [1.29, 1.82) is 0 Å². The highest BCUT2D eigenvalue weighted by Crippen LogP contribution is 2.23. The van der Waals surface area contributed by atoms with Crippen molar-refractivity contribution >= 4 is 44.0 Å². The molecule has 0 unspecified atom stereocenters. The molecule has 1 N–H and O–H groups in total. The van der Waals surface area contributed by atoms with Crippen LogP contribution in [0.5, 0.6) is 5.75 Å². The van der Waals surface area contributed by atoms with Crippen molar-refractivity contribution in [2.45, 2.75) is 6.61 Å². The molecular formula is C20H15Br2N3O2. The number of nitrogens with one attached hydrogen (secondary N) is 1. The van der Waals surface area contributed by atoms with E-state index in [2.05, 4.69) is 47.4 Å². The van der Waals surface area contributed by atoms with Crippen molar-refractivity contribution in [3.05, 3.63) is 92.6 Å². The van der Waals surface area contributed by atoms with Crippen LogP contribution in [0.25, 0.3) is 0 Å². The van der Waals surface area contributed by atoms with Gasteiger partial charge in [-0.25, -0.2) is 5.43 Å². The van der Waals surface area contributed by atoms with Crippen LogP contribution in [0.15, 0.2) is 81.0 Å². The number of hydrogen-bond acceptors (Lipinski definition) is 4. The molecule has 0 aliphatic rings. The summed E-state index contributed by atoms with van der Waals surface area (Å²) in [5.41, 5.74) is 4.72. The second-order valence-corrected chi connectivity index (χ2v) is 7.38. The maximum absolute atomic E-state index is 12.1. The maximum atomic E-state index is 12.1. The van der Waals surface area contributed by atoms with Crippen LogP contribution in [-0.2, 0) is 6.61 Å². The molecule has 3 rings (SSSR count). The summed E-state index contributed by atoms with van der Waals surface area (Å²) in [5, 5.41) is 4.04. The lowest BCUT2D eigenvalue weighted by Gasteiger charge is -2.09. The molecule has 0 bridgehead atoms. The number of nitrogens with zero attached hydrogens (tertiary/aromatic N) is 2. The normalized spacial score (nSPS) is 10.7. The lowest BCUT2D eigenvalue weighted by Crippen LogP contribution is -2.17. The number of carbonyl (C=O) groups is 1. The maximum Gasteiger partial charge on any atom is 0.272 e. The summed E-state index contributed by atoms with van der Waals surface area (Å²) >= 11 is 6.73. The molecule has 1 heterocycles. The third kappa shape index (κ3) is 5.74. The van der Waals surface area contributed by atoms with Crippen LogP contribution < -0.4 is 10.2 Å². The predicted molar refractivity (Wildman–Crippen MR) is 112 cm³/mol. The van der Waals surface area contributed by atoms with Crippen LogP contribution in [0.2, 0.25) is 0 Å². The summed E-state index contributed by atoms with van der Waals surface area (Å²) in [5.74, 6) is 0.325. The Hall–Kier alpha value is -2.51. The van der Waals surface area contributed by atoms with E-state index in [0.29, 0.717) is 17.9 Å². The quantitative estimate of drug-likeness (QED) is 0.394. The Morgan fingerprint density at radius 2 is 1.89 bits per heavy atom. The smallest absolute Gasteiger partial charge is 0.272 e. The fraction of sp³-hybridized carbons (Fsp3) is 0.0500. The SMILES string of the molecule is O=C(N/N=C/c1cc(Br)ccc1OCc1ccccc1)c1cncc(Br)c1. The van der Waals surface area contributed by atoms with Crippen molar-refractivity contribution in [3.8, 4) is 5.75 Å². The molecule has 0 fully saturated rings. The van der Waals surface area contributed by atoms with Gasteiger partial charge in [-0.05, 0) is 45.8 Å². The minimum atomic E-state index is -0.346. The van der Waals surface area contributed by atoms with Gasteiger partial charge in [0.15, 0.2) is 0 Å². The minimum Gasteiger partial charge on any atom is -0.488 e. The number of benzene rings is 2. The highest BCUT2D eigenvalue weighted by atomic mass is 79.9. The van der Waals surface area contributed by atoms with Crippen LogP contribution in [0.4, 0.5) is 0 Å². The first-order chi connectivity index (χ1) is 13.1. The summed E-state index contributed by atoms with van der Waals surface area (Å²) in [6.45, 7) is 0.444. The van der Waals surface area contributed by atoms with Gasteiger partial charge in [-0.15, -0.1) is 0 Å². The van der Waals surface area contributed by atoms with Crippen LogP contribution in [0.3, 0.4) is 0 Å². The van der Waals surface area contributed by atoms with Gasteiger partial charge in [0.2, 0.25) is 0 Å². The third-order valence-electron chi connectivity index (χ3n) is 3.55. The number of hydrazone groups is 1. The van der Waals surface area contributed by atoms with Gasteiger partial charge >= 0.3 is 0 Å². The summed E-state index contributed by atoms with van der Waals surface area (Å²) in [4.78, 5) is 16.1. The summed E-state index contributed by atoms with van der Waals surface area (Å²) in [7, 11) is 0. The Kier molecular flexibility index (Phi) is 6.73. The molecule has 0 aliphatic carbocycles. The molecular weight excluding hydrogens is 474 g/mol. The van der Waals surface area contributed by atoms with Crippen LogP contribution in [-0.4, -0.2) is 17.1 Å². The molecule has 5 nitrogen and oxygen atoms in total. The molecule has 0 atom stereocenters. The summed E-state index contributed by atoms with van der Waals surface area (Å²) in [6, 6.07) is 17.2. The van der Waals surface area contributed by atoms with E-state index >= 15 is 0 Å². The number of aromatic nitrogens is 1. The third-order valence-corrected chi connectivity index (χ3v) is 4.47. The number of rotatable bonds is 6. The molecule has 2 aromatic carbocycles. The first-order valence-electron chi connectivity index (χ1n) is 8.02. The van der Waals surface area contributed by atoms with E-state index in [4.69, 9.17) is 4.74 Å². The van der Waals surface area contributed by atoms with Gasteiger partial charge in [0, 0.05) is 26.9 Å². The minimum absolute atomic E-state index is 0.346. The lowest BCUT2D eigenvalue weighted by atomic mass is 10.2. The Morgan fingerprint density at radius 1 is 1.07 bits per heavy atom. The van der Waals surface area contributed by atoms with E-state index in [1.165, 1.54) is 6.20 Å². The fourth-order valence-electron chi connectivity index (χ4n) is 2.25. The van der Waals surface area contributed by atoms with Crippen molar-refractivity contribution in [1.82, 2.24) is 10.4 Å². The highest BCUT2D eigenvalue weighted by Gasteiger charge is 2.06. The van der Waals surface area contributed by atoms with E-state index in [9.17, 15) is 4.79 Å². The summed E-state index contributed by atoms with van der Waals surface area (Å²) < 4.78 is 7.51. The van der Waals surface area contributed by atoms with Crippen LogP contribution >= 0.6 is 31.9 Å². The van der Waals surface area contributed by atoms with Gasteiger partial charge in [-0.3, -0.25) is 9.78 Å². The number of halogens is 2. The van der Waals surface area contributed by atoms with E-state index in [1.807, 2.05) is 48.5 Å². The largest absolute Gasteiger partial charge is 0.488 e. The van der Waals surface area contributed by atoms with Gasteiger partial charge in [-0.1, -0.05) is 46.3 Å². The number of ether oxygens (including phenoxy) is 1. The van der Waals surface area contributed by atoms with Crippen molar-refractivity contribution < 1.29 is 9.53 Å². The molecule has 0 radical (unpaired) electrons. The second-order valence-electron chi connectivity index (χ2n) is 5.55. The average molecular weight is 489 g/mol. The first-order valence-corrected chi connectivity index (χ1v) is 9.60. The van der Waals surface area contributed by atoms with Crippen molar-refractivity contribution in [3.63, 3.8) is 0 Å². The van der Waals surface area contributed by atoms with Gasteiger partial charge in [-0.2, -0.15) is 5.10 Å². The zero-order valence-electron chi connectivity index (χ0n) is 14.1. The summed E-state index contributed by atoms with van der Waals surface area (Å²) in [6.07, 6.45) is 4.63. The fourth-order valence-corrected chi connectivity index (χ4v) is 2.99. The molecule has 136 valence electrons. The Labute approximate surface area is 173 Å². The molecule has 0 aliphatic heterocycles. The number of pyridine rings is 1. The Bertz CT molecular complexity index is 962. The number of amides is 1. The van der Waals surface area contributed by atoms with E-state index in [1.54, 1.807) is 18.5 Å². The first kappa shape index (κ1) is 19.3. The highest BCUT2D eigenvalue weighted by molar-refractivity contribution is 9.10. The number of carbonyl (C=O) groups excluding carboxylic acids is 1. The van der Waals surface area contributed by atoms with Crippen LogP contribution in [0, 0.1) is 0 Å². The van der Waals surface area contributed by atoms with Gasteiger partial charge in [0.1, 0.15) is 12.4 Å². The van der Waals surface area contributed by atoms with E-state index in [0.717, 1.165) is 20.1 Å². The second kappa shape index (κ2) is 9.43. The number of hydrogen-bond donors (Lipinski definition) is 1. The lowest BCUT2D eigenvalue weighted by molar-refractivity contribution is 0.0954. The molecule has 0 saturated heterocycles. The van der Waals surface area contributed by atoms with E-state index in [-0.39, 0.29) is 5.91 Å². The molecule has 0 saturated carbocycles. The van der Waals surface area contributed by atoms with Gasteiger partial charge in [0.05, 0.1) is 11.8 Å². The molecule has 1 amide bonds. The predicted octanol–water partition coefficient (Wildman–Crippen LogP) is 4.95. The van der Waals surface area contributed by atoms with Gasteiger partial charge < -0.3 is 4.74 Å². The molecule has 3 aromatic rings. The van der Waals surface area contributed by atoms with Crippen LogP contribution in [0.1, 0.15) is 21.5 Å². The van der Waals surface area contributed by atoms with Gasteiger partial charge in [0.25, 0.3) is 5.91 Å². The topological polar surface area (TPSA) is 63.6 Å². The zero-order chi connectivity index (χ0) is 19.1. The zero-order valence-corrected chi connectivity index (χ0v) is 17.3. The average Bonchev–Trinajstić information content (AvgIpc) is 2.68. The molecule has 0 spiro atoms. The van der Waals surface area contributed by atoms with E-state index < -0.39 is 0 Å². The molecule has 7 heteroatoms. The Morgan fingerprint density at radius 3 is 2.67 bits per heavy atom. The Balaban J connectivity index is 1.69. The molecule has 27 heavy (non-hydrogen) atoms.